The fraction of sp³-hybridized carbons (Fsp3) is 0.391. The van der Waals surface area contributed by atoms with Gasteiger partial charge in [-0.25, -0.2) is 0 Å². The number of fused-ring (bicyclic) bond motifs is 1. The third-order valence-corrected chi connectivity index (χ3v) is 5.75. The number of nitrogens with zero attached hydrogens (tertiary/aromatic N) is 2. The molecule has 1 aliphatic heterocycles. The minimum atomic E-state index is -0.0501. The Bertz CT molecular complexity index is 943. The molecule has 0 spiro atoms. The van der Waals surface area contributed by atoms with Gasteiger partial charge in [0.25, 0.3) is 0 Å². The summed E-state index contributed by atoms with van der Waals surface area (Å²) in [5, 5.41) is 1.26. The number of pyridine rings is 1. The Morgan fingerprint density at radius 2 is 1.93 bits per heavy atom. The van der Waals surface area contributed by atoms with Gasteiger partial charge in [-0.1, -0.05) is 18.2 Å². The summed E-state index contributed by atoms with van der Waals surface area (Å²) in [6.07, 6.45) is 5.39. The second kappa shape index (κ2) is 8.15. The van der Waals surface area contributed by atoms with Crippen LogP contribution in [0.1, 0.15) is 42.6 Å². The minimum absolute atomic E-state index is 0.0124. The van der Waals surface area contributed by atoms with E-state index in [9.17, 15) is 4.79 Å². The van der Waals surface area contributed by atoms with Gasteiger partial charge in [0.15, 0.2) is 0 Å². The van der Waals surface area contributed by atoms with Crippen molar-refractivity contribution in [1.82, 2.24) is 14.9 Å². The lowest BCUT2D eigenvalue weighted by Gasteiger charge is -2.37. The summed E-state index contributed by atoms with van der Waals surface area (Å²) in [4.78, 5) is 22.4. The van der Waals surface area contributed by atoms with Gasteiger partial charge in [-0.3, -0.25) is 14.7 Å². The Balaban J connectivity index is 1.68. The lowest BCUT2D eigenvalue weighted by atomic mass is 9.90. The van der Waals surface area contributed by atoms with Crippen molar-refractivity contribution >= 4 is 16.9 Å². The summed E-state index contributed by atoms with van der Waals surface area (Å²) < 4.78 is 5.24. The van der Waals surface area contributed by atoms with E-state index < -0.39 is 0 Å². The van der Waals surface area contributed by atoms with E-state index in [4.69, 9.17) is 4.74 Å². The Hall–Kier alpha value is -2.66. The SMILES string of the molecule is CCOC(=O)C1CCN([C@H](c2ccncc2)c2c(C)[nH]c3ccccc23)CC1. The van der Waals surface area contributed by atoms with Crippen LogP contribution in [0.2, 0.25) is 0 Å². The van der Waals surface area contributed by atoms with Crippen LogP contribution in [0.15, 0.2) is 48.8 Å². The number of aryl methyl sites for hydroxylation is 1. The molecule has 1 aliphatic rings. The maximum atomic E-state index is 12.1. The van der Waals surface area contributed by atoms with Crippen molar-refractivity contribution < 1.29 is 9.53 Å². The number of benzene rings is 1. The van der Waals surface area contributed by atoms with Crippen molar-refractivity contribution in [3.8, 4) is 0 Å². The quantitative estimate of drug-likeness (QED) is 0.676. The van der Waals surface area contributed by atoms with Crippen LogP contribution in [0.25, 0.3) is 10.9 Å². The Labute approximate surface area is 165 Å². The van der Waals surface area contributed by atoms with Gasteiger partial charge in [-0.15, -0.1) is 0 Å². The lowest BCUT2D eigenvalue weighted by molar-refractivity contribution is -0.149. The van der Waals surface area contributed by atoms with E-state index >= 15 is 0 Å². The molecule has 0 unspecified atom stereocenters. The van der Waals surface area contributed by atoms with Gasteiger partial charge in [0.1, 0.15) is 0 Å². The minimum Gasteiger partial charge on any atom is -0.466 e. The second-order valence-corrected chi connectivity index (χ2v) is 7.45. The Kier molecular flexibility index (Phi) is 5.44. The second-order valence-electron chi connectivity index (χ2n) is 7.45. The summed E-state index contributed by atoms with van der Waals surface area (Å²) >= 11 is 0. The summed E-state index contributed by atoms with van der Waals surface area (Å²) in [6, 6.07) is 12.8. The van der Waals surface area contributed by atoms with Crippen LogP contribution in [0, 0.1) is 12.8 Å². The largest absolute Gasteiger partial charge is 0.466 e. The number of esters is 1. The first-order valence-corrected chi connectivity index (χ1v) is 10.1. The van der Waals surface area contributed by atoms with Gasteiger partial charge in [0, 0.05) is 34.6 Å². The molecule has 1 fully saturated rings. The number of aromatic amines is 1. The number of hydrogen-bond acceptors (Lipinski definition) is 4. The molecule has 1 N–H and O–H groups in total. The summed E-state index contributed by atoms with van der Waals surface area (Å²) in [7, 11) is 0. The highest BCUT2D eigenvalue weighted by Gasteiger charge is 2.32. The highest BCUT2D eigenvalue weighted by molar-refractivity contribution is 5.85. The molecule has 0 amide bonds. The molecule has 146 valence electrons. The van der Waals surface area contributed by atoms with E-state index in [1.54, 1.807) is 0 Å². The normalized spacial score (nSPS) is 16.9. The molecule has 0 saturated carbocycles. The summed E-state index contributed by atoms with van der Waals surface area (Å²) in [5.41, 5.74) is 4.90. The number of hydrogen-bond donors (Lipinski definition) is 1. The molecule has 5 heteroatoms. The molecule has 0 aliphatic carbocycles. The number of rotatable bonds is 5. The predicted octanol–water partition coefficient (Wildman–Crippen LogP) is 4.24. The van der Waals surface area contributed by atoms with E-state index in [1.165, 1.54) is 22.2 Å². The van der Waals surface area contributed by atoms with Crippen molar-refractivity contribution in [2.24, 2.45) is 5.92 Å². The number of carbonyl (C=O) groups excluding carboxylic acids is 1. The van der Waals surface area contributed by atoms with Crippen molar-refractivity contribution in [3.05, 3.63) is 65.6 Å². The van der Waals surface area contributed by atoms with Crippen molar-refractivity contribution in [2.45, 2.75) is 32.7 Å². The fourth-order valence-electron chi connectivity index (χ4n) is 4.41. The number of carbonyl (C=O) groups is 1. The molecule has 3 heterocycles. The van der Waals surface area contributed by atoms with E-state index in [-0.39, 0.29) is 17.9 Å². The summed E-state index contributed by atoms with van der Waals surface area (Å²) in [5.74, 6) is -0.0377. The van der Waals surface area contributed by atoms with Crippen LogP contribution in [-0.2, 0) is 9.53 Å². The molecule has 1 aromatic carbocycles. The zero-order valence-corrected chi connectivity index (χ0v) is 16.5. The van der Waals surface area contributed by atoms with E-state index in [0.29, 0.717) is 6.61 Å². The van der Waals surface area contributed by atoms with Gasteiger partial charge in [-0.05, 0) is 63.5 Å². The average molecular weight is 377 g/mol. The molecule has 3 aromatic rings. The average Bonchev–Trinajstić information content (AvgIpc) is 3.06. The number of H-pyrrole nitrogens is 1. The molecule has 28 heavy (non-hydrogen) atoms. The molecular formula is C23H27N3O2. The van der Waals surface area contributed by atoms with Gasteiger partial charge in [0.05, 0.1) is 18.6 Å². The monoisotopic (exact) mass is 377 g/mol. The smallest absolute Gasteiger partial charge is 0.309 e. The topological polar surface area (TPSA) is 58.2 Å². The number of para-hydroxylation sites is 1. The van der Waals surface area contributed by atoms with Gasteiger partial charge in [0.2, 0.25) is 0 Å². The molecule has 5 nitrogen and oxygen atoms in total. The van der Waals surface area contributed by atoms with Crippen LogP contribution in [0.3, 0.4) is 0 Å². The van der Waals surface area contributed by atoms with Crippen molar-refractivity contribution in [2.75, 3.05) is 19.7 Å². The highest BCUT2D eigenvalue weighted by Crippen LogP contribution is 2.38. The lowest BCUT2D eigenvalue weighted by Crippen LogP contribution is -2.39. The van der Waals surface area contributed by atoms with Crippen molar-refractivity contribution in [1.29, 1.82) is 0 Å². The van der Waals surface area contributed by atoms with Gasteiger partial charge in [-0.2, -0.15) is 0 Å². The Morgan fingerprint density at radius 1 is 1.21 bits per heavy atom. The third kappa shape index (κ3) is 3.54. The predicted molar refractivity (Wildman–Crippen MR) is 110 cm³/mol. The standard InChI is InChI=1S/C23H27N3O2/c1-3-28-23(27)18-10-14-26(15-11-18)22(17-8-12-24-13-9-17)21-16(2)25-20-7-5-4-6-19(20)21/h4-9,12-13,18,22,25H,3,10-11,14-15H2,1-2H3/t22-/m1/s1. The van der Waals surface area contributed by atoms with Crippen LogP contribution in [0.4, 0.5) is 0 Å². The first kappa shape index (κ1) is 18.7. The van der Waals surface area contributed by atoms with E-state index in [1.807, 2.05) is 19.3 Å². The first-order chi connectivity index (χ1) is 13.7. The van der Waals surface area contributed by atoms with Crippen molar-refractivity contribution in [3.63, 3.8) is 0 Å². The maximum Gasteiger partial charge on any atom is 0.309 e. The number of nitrogens with one attached hydrogen (secondary N) is 1. The third-order valence-electron chi connectivity index (χ3n) is 5.75. The molecule has 0 radical (unpaired) electrons. The number of ether oxygens (including phenoxy) is 1. The zero-order chi connectivity index (χ0) is 19.5. The molecular weight excluding hydrogens is 350 g/mol. The molecule has 1 saturated heterocycles. The number of piperidine rings is 1. The van der Waals surface area contributed by atoms with Crippen LogP contribution >= 0.6 is 0 Å². The molecule has 2 aromatic heterocycles. The number of aromatic nitrogens is 2. The highest BCUT2D eigenvalue weighted by atomic mass is 16.5. The van der Waals surface area contributed by atoms with Gasteiger partial charge >= 0.3 is 5.97 Å². The fourth-order valence-corrected chi connectivity index (χ4v) is 4.41. The van der Waals surface area contributed by atoms with E-state index in [2.05, 4.69) is 58.2 Å². The summed E-state index contributed by atoms with van der Waals surface area (Å²) in [6.45, 7) is 6.21. The molecule has 1 atom stereocenters. The zero-order valence-electron chi connectivity index (χ0n) is 16.5. The first-order valence-electron chi connectivity index (χ1n) is 10.1. The van der Waals surface area contributed by atoms with Crippen LogP contribution in [-0.4, -0.2) is 40.5 Å². The number of likely N-dealkylation sites (tertiary alicyclic amines) is 1. The molecule has 4 rings (SSSR count). The van der Waals surface area contributed by atoms with Crippen LogP contribution in [0.5, 0.6) is 0 Å². The van der Waals surface area contributed by atoms with Crippen LogP contribution < -0.4 is 0 Å². The van der Waals surface area contributed by atoms with Gasteiger partial charge < -0.3 is 9.72 Å². The maximum absolute atomic E-state index is 12.1. The molecule has 0 bridgehead atoms. The van der Waals surface area contributed by atoms with E-state index in [0.717, 1.165) is 31.4 Å². The Morgan fingerprint density at radius 3 is 2.64 bits per heavy atom.